The van der Waals surface area contributed by atoms with Crippen molar-refractivity contribution in [2.24, 2.45) is 4.99 Å². The minimum Gasteiger partial charge on any atom is -0.491 e. The summed E-state index contributed by atoms with van der Waals surface area (Å²) in [6, 6.07) is 7.48. The molecule has 154 valence electrons. The van der Waals surface area contributed by atoms with E-state index in [1.165, 1.54) is 0 Å². The number of rotatable bonds is 9. The van der Waals surface area contributed by atoms with Gasteiger partial charge in [-0.05, 0) is 58.7 Å². The zero-order valence-electron chi connectivity index (χ0n) is 17.5. The molecule has 28 heavy (non-hydrogen) atoms. The first-order valence-electron chi connectivity index (χ1n) is 9.79. The number of aliphatic hydroxyl groups is 1. The molecule has 1 heterocycles. The van der Waals surface area contributed by atoms with E-state index in [1.54, 1.807) is 0 Å². The molecule has 7 heteroatoms. The summed E-state index contributed by atoms with van der Waals surface area (Å²) < 4.78 is 10.8. The second-order valence-electron chi connectivity index (χ2n) is 6.95. The van der Waals surface area contributed by atoms with Crippen molar-refractivity contribution in [3.8, 4) is 5.75 Å². The highest BCUT2D eigenvalue weighted by atomic mass is 16.5. The summed E-state index contributed by atoms with van der Waals surface area (Å²) in [5.41, 5.74) is 2.85. The zero-order valence-corrected chi connectivity index (χ0v) is 17.5. The van der Waals surface area contributed by atoms with Crippen molar-refractivity contribution in [3.63, 3.8) is 0 Å². The average Bonchev–Trinajstić information content (AvgIpc) is 2.98. The van der Waals surface area contributed by atoms with Crippen LogP contribution in [-0.4, -0.2) is 42.0 Å². The molecular formula is C21H32N4O3. The van der Waals surface area contributed by atoms with Crippen molar-refractivity contribution in [2.75, 3.05) is 19.6 Å². The first-order chi connectivity index (χ1) is 13.4. The molecule has 7 nitrogen and oxygen atoms in total. The molecule has 0 aliphatic heterocycles. The van der Waals surface area contributed by atoms with E-state index in [0.717, 1.165) is 41.3 Å². The lowest BCUT2D eigenvalue weighted by molar-refractivity contribution is 0.186. The van der Waals surface area contributed by atoms with Gasteiger partial charge in [0.15, 0.2) is 5.96 Å². The Morgan fingerprint density at radius 2 is 1.93 bits per heavy atom. The molecule has 3 N–H and O–H groups in total. The van der Waals surface area contributed by atoms with E-state index in [2.05, 4.69) is 20.8 Å². The number of aliphatic imine (C=N–C) groups is 1. The molecule has 0 fully saturated rings. The molecule has 1 aromatic carbocycles. The van der Waals surface area contributed by atoms with Crippen LogP contribution in [0.4, 0.5) is 0 Å². The van der Waals surface area contributed by atoms with Crippen LogP contribution in [0.25, 0.3) is 0 Å². The van der Waals surface area contributed by atoms with Crippen LogP contribution in [0.1, 0.15) is 49.5 Å². The molecule has 0 bridgehead atoms. The largest absolute Gasteiger partial charge is 0.491 e. The van der Waals surface area contributed by atoms with E-state index in [0.29, 0.717) is 12.5 Å². The summed E-state index contributed by atoms with van der Waals surface area (Å²) in [5.74, 6) is 2.32. The Hall–Kier alpha value is -2.54. The van der Waals surface area contributed by atoms with Gasteiger partial charge in [0.2, 0.25) is 0 Å². The number of nitrogens with zero attached hydrogens (tertiary/aromatic N) is 2. The first kappa shape index (κ1) is 21.8. The highest BCUT2D eigenvalue weighted by molar-refractivity contribution is 5.79. The van der Waals surface area contributed by atoms with Gasteiger partial charge in [-0.2, -0.15) is 0 Å². The Morgan fingerprint density at radius 1 is 1.21 bits per heavy atom. The summed E-state index contributed by atoms with van der Waals surface area (Å²) >= 11 is 0. The number of aromatic nitrogens is 1. The highest BCUT2D eigenvalue weighted by Crippen LogP contribution is 2.19. The van der Waals surface area contributed by atoms with Crippen LogP contribution < -0.4 is 15.4 Å². The number of guanidine groups is 1. The van der Waals surface area contributed by atoms with Crippen LogP contribution in [0.2, 0.25) is 0 Å². The van der Waals surface area contributed by atoms with Crippen LogP contribution >= 0.6 is 0 Å². The monoisotopic (exact) mass is 388 g/mol. The molecule has 2 rings (SSSR count). The summed E-state index contributed by atoms with van der Waals surface area (Å²) in [6.45, 7) is 11.6. The van der Waals surface area contributed by atoms with Crippen LogP contribution in [0.5, 0.6) is 5.75 Å². The number of hydrogen-bond acceptors (Lipinski definition) is 5. The van der Waals surface area contributed by atoms with Gasteiger partial charge in [0.05, 0.1) is 24.4 Å². The topological polar surface area (TPSA) is 91.9 Å². The quantitative estimate of drug-likeness (QED) is 0.452. The van der Waals surface area contributed by atoms with Crippen LogP contribution in [-0.2, 0) is 6.42 Å². The number of aliphatic hydroxyl groups excluding tert-OH is 1. The van der Waals surface area contributed by atoms with Crippen molar-refractivity contribution in [3.05, 3.63) is 46.8 Å². The lowest BCUT2D eigenvalue weighted by atomic mass is 10.1. The summed E-state index contributed by atoms with van der Waals surface area (Å²) in [6.07, 6.45) is 0.247. The Bertz CT molecular complexity index is 734. The predicted molar refractivity (Wildman–Crippen MR) is 111 cm³/mol. The van der Waals surface area contributed by atoms with Crippen LogP contribution in [0.15, 0.2) is 33.8 Å². The average molecular weight is 389 g/mol. The third kappa shape index (κ3) is 6.56. The van der Waals surface area contributed by atoms with Gasteiger partial charge >= 0.3 is 0 Å². The van der Waals surface area contributed by atoms with Gasteiger partial charge in [0, 0.05) is 18.7 Å². The molecule has 1 aromatic heterocycles. The van der Waals surface area contributed by atoms with Gasteiger partial charge in [-0.1, -0.05) is 17.3 Å². The minimum absolute atomic E-state index is 0.125. The maximum Gasteiger partial charge on any atom is 0.191 e. The van der Waals surface area contributed by atoms with Gasteiger partial charge < -0.3 is 25.0 Å². The maximum absolute atomic E-state index is 10.4. The number of nitrogens with one attached hydrogen (secondary N) is 2. The van der Waals surface area contributed by atoms with Crippen molar-refractivity contribution in [1.29, 1.82) is 0 Å². The van der Waals surface area contributed by atoms with E-state index in [9.17, 15) is 5.11 Å². The molecule has 0 radical (unpaired) electrons. The van der Waals surface area contributed by atoms with Crippen molar-refractivity contribution >= 4 is 5.96 Å². The second kappa shape index (κ2) is 10.7. The molecule has 2 aromatic rings. The molecular weight excluding hydrogens is 356 g/mol. The van der Waals surface area contributed by atoms with Crippen LogP contribution in [0, 0.1) is 13.8 Å². The van der Waals surface area contributed by atoms with E-state index in [-0.39, 0.29) is 12.6 Å². The normalized spacial score (nSPS) is 12.9. The Labute approximate surface area is 167 Å². The fourth-order valence-electron chi connectivity index (χ4n) is 2.83. The zero-order chi connectivity index (χ0) is 20.5. The Morgan fingerprint density at radius 3 is 2.50 bits per heavy atom. The van der Waals surface area contributed by atoms with Crippen molar-refractivity contribution in [2.45, 2.75) is 53.2 Å². The second-order valence-corrected chi connectivity index (χ2v) is 6.95. The van der Waals surface area contributed by atoms with Gasteiger partial charge in [-0.15, -0.1) is 0 Å². The molecule has 1 unspecified atom stereocenters. The SMILES string of the molecule is CCNC(=NCC(O)c1ccc(OC(C)C)cc1)NCCc1c(C)noc1C. The van der Waals surface area contributed by atoms with E-state index in [1.807, 2.05) is 58.9 Å². The van der Waals surface area contributed by atoms with E-state index in [4.69, 9.17) is 9.26 Å². The predicted octanol–water partition coefficient (Wildman–Crippen LogP) is 2.91. The summed E-state index contributed by atoms with van der Waals surface area (Å²) in [4.78, 5) is 4.50. The Balaban J connectivity index is 1.90. The molecule has 0 spiro atoms. The molecule has 1 atom stereocenters. The molecule has 0 aliphatic carbocycles. The molecule has 0 saturated carbocycles. The fourth-order valence-corrected chi connectivity index (χ4v) is 2.83. The number of aryl methyl sites for hydroxylation is 2. The summed E-state index contributed by atoms with van der Waals surface area (Å²) in [5, 5.41) is 20.9. The molecule has 0 saturated heterocycles. The Kier molecular flexibility index (Phi) is 8.32. The highest BCUT2D eigenvalue weighted by Gasteiger charge is 2.10. The minimum atomic E-state index is -0.675. The van der Waals surface area contributed by atoms with Gasteiger partial charge in [0.25, 0.3) is 0 Å². The third-order valence-electron chi connectivity index (χ3n) is 4.25. The maximum atomic E-state index is 10.4. The van der Waals surface area contributed by atoms with Crippen molar-refractivity contribution < 1.29 is 14.4 Å². The first-order valence-corrected chi connectivity index (χ1v) is 9.79. The van der Waals surface area contributed by atoms with E-state index >= 15 is 0 Å². The number of benzene rings is 1. The van der Waals surface area contributed by atoms with Crippen molar-refractivity contribution in [1.82, 2.24) is 15.8 Å². The smallest absolute Gasteiger partial charge is 0.191 e. The number of hydrogen-bond donors (Lipinski definition) is 3. The van der Waals surface area contributed by atoms with Gasteiger partial charge in [0.1, 0.15) is 11.5 Å². The summed E-state index contributed by atoms with van der Waals surface area (Å²) in [7, 11) is 0. The van der Waals surface area contributed by atoms with Crippen LogP contribution in [0.3, 0.4) is 0 Å². The van der Waals surface area contributed by atoms with E-state index < -0.39 is 6.10 Å². The van der Waals surface area contributed by atoms with Gasteiger partial charge in [-0.25, -0.2) is 0 Å². The van der Waals surface area contributed by atoms with Gasteiger partial charge in [-0.3, -0.25) is 4.99 Å². The molecule has 0 aliphatic rings. The lowest BCUT2D eigenvalue weighted by Gasteiger charge is -2.14. The number of ether oxygens (including phenoxy) is 1. The lowest BCUT2D eigenvalue weighted by Crippen LogP contribution is -2.38. The third-order valence-corrected chi connectivity index (χ3v) is 4.25. The fraction of sp³-hybridized carbons (Fsp3) is 0.524. The molecule has 0 amide bonds. The standard InChI is InChI=1S/C21H32N4O3/c1-6-22-21(23-12-11-19-15(4)25-28-16(19)5)24-13-20(26)17-7-9-18(10-8-17)27-14(2)3/h7-10,14,20,26H,6,11-13H2,1-5H3,(H2,22,23,24).